The molecule has 0 aliphatic heterocycles. The molecule has 0 aromatic heterocycles. The van der Waals surface area contributed by atoms with E-state index in [0.717, 1.165) is 0 Å². The van der Waals surface area contributed by atoms with E-state index in [1.807, 2.05) is 0 Å². The number of alkyl halides is 1. The van der Waals surface area contributed by atoms with E-state index in [-0.39, 0.29) is 6.42 Å². The number of carboxylic acid groups (broad SMARTS) is 2. The minimum absolute atomic E-state index is 0.226. The molecule has 0 aromatic rings. The average Bonchev–Trinajstić information content (AvgIpc) is 2.60. The number of rotatable bonds is 2. The summed E-state index contributed by atoms with van der Waals surface area (Å²) < 4.78 is 13.7. The summed E-state index contributed by atoms with van der Waals surface area (Å²) in [5.74, 6) is -5.61. The summed E-state index contributed by atoms with van der Waals surface area (Å²) in [4.78, 5) is 21.4. The molecule has 0 bridgehead atoms. The van der Waals surface area contributed by atoms with Crippen molar-refractivity contribution in [1.82, 2.24) is 0 Å². The number of aliphatic hydroxyl groups is 1. The highest BCUT2D eigenvalue weighted by atomic mass is 19.1. The highest BCUT2D eigenvalue weighted by molar-refractivity contribution is 5.90. The predicted molar refractivity (Wildman–Crippen MR) is 43.6 cm³/mol. The zero-order valence-electron chi connectivity index (χ0n) is 7.55. The molecule has 6 nitrogen and oxygen atoms in total. The lowest BCUT2D eigenvalue weighted by molar-refractivity contribution is -0.153. The Kier molecular flexibility index (Phi) is 1.70. The van der Waals surface area contributed by atoms with Crippen LogP contribution in [0.1, 0.15) is 6.42 Å². The number of fused-ring (bicyclic) bond motifs is 1. The van der Waals surface area contributed by atoms with Crippen molar-refractivity contribution in [2.45, 2.75) is 23.7 Å². The summed E-state index contributed by atoms with van der Waals surface area (Å²) in [5.41, 5.74) is 0.617. The topological polar surface area (TPSA) is 121 Å². The third-order valence-electron chi connectivity index (χ3n) is 3.53. The maximum absolute atomic E-state index is 13.7. The molecule has 0 amide bonds. The van der Waals surface area contributed by atoms with Gasteiger partial charge in [-0.3, -0.25) is 4.79 Å². The second-order valence-corrected chi connectivity index (χ2v) is 4.15. The second-order valence-electron chi connectivity index (χ2n) is 4.15. The molecule has 2 unspecified atom stereocenters. The van der Waals surface area contributed by atoms with Crippen molar-refractivity contribution in [3.05, 3.63) is 0 Å². The van der Waals surface area contributed by atoms with Crippen molar-refractivity contribution in [3.63, 3.8) is 0 Å². The number of hydrogen-bond acceptors (Lipinski definition) is 4. The van der Waals surface area contributed by atoms with E-state index < -0.39 is 41.1 Å². The van der Waals surface area contributed by atoms with Crippen molar-refractivity contribution in [2.24, 2.45) is 17.6 Å². The Hall–Kier alpha value is -1.21. The van der Waals surface area contributed by atoms with Crippen LogP contribution < -0.4 is 5.73 Å². The van der Waals surface area contributed by atoms with Crippen molar-refractivity contribution in [2.75, 3.05) is 0 Å². The molecular weight excluding hydrogens is 209 g/mol. The highest BCUT2D eigenvalue weighted by Gasteiger charge is 2.84. The lowest BCUT2D eigenvalue weighted by atomic mass is 9.88. The minimum atomic E-state index is -2.59. The first kappa shape index (κ1) is 10.3. The van der Waals surface area contributed by atoms with E-state index in [2.05, 4.69) is 0 Å². The van der Waals surface area contributed by atoms with Crippen LogP contribution in [0.4, 0.5) is 4.39 Å². The second kappa shape index (κ2) is 2.48. The number of nitrogens with two attached hydrogens (primary N) is 1. The van der Waals surface area contributed by atoms with Gasteiger partial charge in [0.2, 0.25) is 5.67 Å². The van der Waals surface area contributed by atoms with Crippen molar-refractivity contribution >= 4 is 11.9 Å². The molecular formula is C8H10FNO5. The molecule has 84 valence electrons. The van der Waals surface area contributed by atoms with Gasteiger partial charge in [0, 0.05) is 11.8 Å². The summed E-state index contributed by atoms with van der Waals surface area (Å²) in [6.45, 7) is 0. The molecule has 0 saturated heterocycles. The van der Waals surface area contributed by atoms with E-state index in [4.69, 9.17) is 15.9 Å². The van der Waals surface area contributed by atoms with Gasteiger partial charge in [0.25, 0.3) is 0 Å². The smallest absolute Gasteiger partial charge is 0.342 e. The fourth-order valence-corrected chi connectivity index (χ4v) is 2.62. The molecule has 0 radical (unpaired) electrons. The van der Waals surface area contributed by atoms with Crippen LogP contribution in [0.5, 0.6) is 0 Å². The van der Waals surface area contributed by atoms with Gasteiger partial charge in [0.15, 0.2) is 0 Å². The quantitative estimate of drug-likeness (QED) is 0.452. The Morgan fingerprint density at radius 2 is 1.87 bits per heavy atom. The van der Waals surface area contributed by atoms with Gasteiger partial charge < -0.3 is 21.1 Å². The molecule has 2 aliphatic carbocycles. The van der Waals surface area contributed by atoms with Gasteiger partial charge in [-0.2, -0.15) is 0 Å². The average molecular weight is 219 g/mol. The van der Waals surface area contributed by atoms with Crippen molar-refractivity contribution in [3.8, 4) is 0 Å². The molecule has 2 saturated carbocycles. The minimum Gasteiger partial charge on any atom is -0.480 e. The van der Waals surface area contributed by atoms with Crippen LogP contribution in [-0.2, 0) is 9.59 Å². The molecule has 2 fully saturated rings. The van der Waals surface area contributed by atoms with Crippen molar-refractivity contribution in [1.29, 1.82) is 0 Å². The van der Waals surface area contributed by atoms with Gasteiger partial charge in [-0.25, -0.2) is 9.18 Å². The zero-order valence-corrected chi connectivity index (χ0v) is 7.55. The monoisotopic (exact) mass is 219 g/mol. The zero-order chi connectivity index (χ0) is 11.6. The van der Waals surface area contributed by atoms with Gasteiger partial charge in [-0.05, 0) is 6.42 Å². The van der Waals surface area contributed by atoms with E-state index in [0.29, 0.717) is 0 Å². The first-order chi connectivity index (χ1) is 6.77. The van der Waals surface area contributed by atoms with Crippen LogP contribution >= 0.6 is 0 Å². The van der Waals surface area contributed by atoms with Crippen LogP contribution in [0.15, 0.2) is 0 Å². The maximum atomic E-state index is 13.7. The third kappa shape index (κ3) is 0.895. The number of hydrogen-bond donors (Lipinski definition) is 4. The standard InChI is InChI=1S/C8H10FNO5/c9-7(5(12)13)2-1-3(11)8(10,4(2)7)6(14)15/h2-4,11H,1,10H2,(H,12,13)(H,14,15)/t2?,3-,4?,7-,8+/m1/s1. The molecule has 7 heteroatoms. The van der Waals surface area contributed by atoms with E-state index >= 15 is 0 Å². The summed E-state index contributed by atoms with van der Waals surface area (Å²) in [7, 11) is 0. The van der Waals surface area contributed by atoms with Gasteiger partial charge in [0.1, 0.15) is 5.54 Å². The molecule has 5 N–H and O–H groups in total. The first-order valence-electron chi connectivity index (χ1n) is 4.40. The third-order valence-corrected chi connectivity index (χ3v) is 3.53. The Labute approximate surface area is 83.5 Å². The van der Waals surface area contributed by atoms with Crippen molar-refractivity contribution < 1.29 is 29.3 Å². The van der Waals surface area contributed by atoms with Crippen LogP contribution in [0.3, 0.4) is 0 Å². The first-order valence-corrected chi connectivity index (χ1v) is 4.40. The molecule has 0 aromatic carbocycles. The van der Waals surface area contributed by atoms with Crippen LogP contribution in [0, 0.1) is 11.8 Å². The Morgan fingerprint density at radius 3 is 2.27 bits per heavy atom. The fourth-order valence-electron chi connectivity index (χ4n) is 2.62. The normalized spacial score (nSPS) is 52.3. The molecule has 5 atom stereocenters. The van der Waals surface area contributed by atoms with E-state index in [1.165, 1.54) is 0 Å². The van der Waals surface area contributed by atoms with Crippen LogP contribution in [-0.4, -0.2) is 44.6 Å². The SMILES string of the molecule is N[C@]1(C(=O)O)C2C(C[C@H]1O)[C@]2(F)C(=O)O. The molecule has 2 aliphatic rings. The maximum Gasteiger partial charge on any atom is 0.342 e. The molecule has 15 heavy (non-hydrogen) atoms. The molecule has 2 rings (SSSR count). The number of aliphatic hydroxyl groups excluding tert-OH is 1. The van der Waals surface area contributed by atoms with Crippen LogP contribution in [0.2, 0.25) is 0 Å². The molecule has 0 spiro atoms. The summed E-state index contributed by atoms with van der Waals surface area (Å²) in [5, 5.41) is 26.8. The Bertz CT molecular complexity index is 361. The van der Waals surface area contributed by atoms with E-state index in [1.54, 1.807) is 0 Å². The van der Waals surface area contributed by atoms with E-state index in [9.17, 15) is 19.1 Å². The van der Waals surface area contributed by atoms with Crippen LogP contribution in [0.25, 0.3) is 0 Å². The summed E-state index contributed by atoms with van der Waals surface area (Å²) in [6, 6.07) is 0. The number of halogens is 1. The number of carboxylic acids is 2. The Balaban J connectivity index is 2.37. The highest BCUT2D eigenvalue weighted by Crippen LogP contribution is 2.66. The summed E-state index contributed by atoms with van der Waals surface area (Å²) >= 11 is 0. The fraction of sp³-hybridized carbons (Fsp3) is 0.750. The predicted octanol–water partition coefficient (Wildman–Crippen LogP) is -1.43. The molecule has 0 heterocycles. The van der Waals surface area contributed by atoms with Gasteiger partial charge >= 0.3 is 11.9 Å². The van der Waals surface area contributed by atoms with Gasteiger partial charge in [-0.1, -0.05) is 0 Å². The number of aliphatic carboxylic acids is 2. The largest absolute Gasteiger partial charge is 0.480 e. The lowest BCUT2D eigenvalue weighted by Crippen LogP contribution is -2.59. The van der Waals surface area contributed by atoms with Gasteiger partial charge in [-0.15, -0.1) is 0 Å². The van der Waals surface area contributed by atoms with Gasteiger partial charge in [0.05, 0.1) is 6.10 Å². The Morgan fingerprint density at radius 1 is 1.33 bits per heavy atom. The lowest BCUT2D eigenvalue weighted by Gasteiger charge is -2.27. The summed E-state index contributed by atoms with van der Waals surface area (Å²) in [6.07, 6.45) is -1.62. The number of carbonyl (C=O) groups is 2.